The van der Waals surface area contributed by atoms with Gasteiger partial charge in [0.1, 0.15) is 18.1 Å². The van der Waals surface area contributed by atoms with Crippen LogP contribution in [0.1, 0.15) is 22.4 Å². The first-order valence-electron chi connectivity index (χ1n) is 9.08. The maximum atomic E-state index is 12.6. The van der Waals surface area contributed by atoms with Crippen LogP contribution in [0, 0.1) is 0 Å². The summed E-state index contributed by atoms with van der Waals surface area (Å²) in [4.78, 5) is 17.5. The minimum absolute atomic E-state index is 0.0274. The smallest absolute Gasteiger partial charge is 0.406 e. The van der Waals surface area contributed by atoms with Gasteiger partial charge in [-0.15, -0.1) is 23.5 Å². The van der Waals surface area contributed by atoms with E-state index in [0.29, 0.717) is 10.3 Å². The predicted molar refractivity (Wildman–Crippen MR) is 109 cm³/mol. The van der Waals surface area contributed by atoms with Crippen LogP contribution in [0.2, 0.25) is 0 Å². The molecule has 2 aromatic rings. The molecule has 1 amide bonds. The number of thioether (sulfide) groups is 2. The summed E-state index contributed by atoms with van der Waals surface area (Å²) in [5.41, 5.74) is 1.23. The number of alkyl halides is 3. The lowest BCUT2D eigenvalue weighted by Crippen LogP contribution is -2.32. The predicted octanol–water partition coefficient (Wildman–Crippen LogP) is 4.35. The average Bonchev–Trinajstić information content (AvgIpc) is 3.12. The van der Waals surface area contributed by atoms with Crippen molar-refractivity contribution >= 4 is 29.4 Å². The molecule has 10 heteroatoms. The van der Waals surface area contributed by atoms with E-state index in [9.17, 15) is 18.0 Å². The number of ether oxygens (including phenoxy) is 1. The van der Waals surface area contributed by atoms with Crippen LogP contribution in [-0.2, 0) is 17.9 Å². The van der Waals surface area contributed by atoms with Crippen LogP contribution in [0.5, 0.6) is 5.75 Å². The third kappa shape index (κ3) is 6.60. The molecule has 1 aliphatic heterocycles. The Hall–Kier alpha value is -1.81. The van der Waals surface area contributed by atoms with Crippen LogP contribution in [0.25, 0.3) is 0 Å². The van der Waals surface area contributed by atoms with Gasteiger partial charge in [0.05, 0.1) is 11.1 Å². The van der Waals surface area contributed by atoms with E-state index in [-0.39, 0.29) is 24.9 Å². The Morgan fingerprint density at radius 2 is 1.97 bits per heavy atom. The molecule has 29 heavy (non-hydrogen) atoms. The molecule has 3 rings (SSSR count). The number of nitrogens with zero attached hydrogens (tertiary/aromatic N) is 3. The van der Waals surface area contributed by atoms with Gasteiger partial charge in [-0.1, -0.05) is 12.1 Å². The van der Waals surface area contributed by atoms with E-state index < -0.39 is 12.7 Å². The minimum atomic E-state index is -4.35. The molecule has 0 N–H and O–H groups in total. The van der Waals surface area contributed by atoms with Gasteiger partial charge in [-0.05, 0) is 35.6 Å². The number of amides is 1. The van der Waals surface area contributed by atoms with Gasteiger partial charge in [-0.25, -0.2) is 4.98 Å². The van der Waals surface area contributed by atoms with Gasteiger partial charge >= 0.3 is 6.18 Å². The van der Waals surface area contributed by atoms with Gasteiger partial charge in [0, 0.05) is 19.4 Å². The van der Waals surface area contributed by atoms with Crippen molar-refractivity contribution in [1.29, 1.82) is 0 Å². The molecule has 0 aliphatic carbocycles. The molecule has 1 aromatic carbocycles. The van der Waals surface area contributed by atoms with Gasteiger partial charge in [0.15, 0.2) is 6.61 Å². The number of halogens is 3. The van der Waals surface area contributed by atoms with Crippen molar-refractivity contribution < 1.29 is 22.7 Å². The van der Waals surface area contributed by atoms with Crippen molar-refractivity contribution in [2.45, 2.75) is 30.3 Å². The number of imidazole rings is 1. The van der Waals surface area contributed by atoms with Crippen LogP contribution in [0.15, 0.2) is 36.7 Å². The highest BCUT2D eigenvalue weighted by atomic mass is 32.2. The second kappa shape index (κ2) is 9.80. The Labute approximate surface area is 176 Å². The summed E-state index contributed by atoms with van der Waals surface area (Å²) < 4.78 is 44.8. The topological polar surface area (TPSA) is 47.4 Å². The van der Waals surface area contributed by atoms with Crippen molar-refractivity contribution in [2.24, 2.45) is 0 Å². The van der Waals surface area contributed by atoms with E-state index in [2.05, 4.69) is 4.98 Å². The fourth-order valence-electron chi connectivity index (χ4n) is 2.79. The third-order valence-electron chi connectivity index (χ3n) is 4.30. The molecule has 0 unspecified atom stereocenters. The molecular weight excluding hydrogens is 423 g/mol. The molecule has 0 spiro atoms. The molecule has 1 saturated heterocycles. The zero-order valence-electron chi connectivity index (χ0n) is 15.9. The first-order valence-corrected chi connectivity index (χ1v) is 11.2. The van der Waals surface area contributed by atoms with Crippen LogP contribution in [0.3, 0.4) is 0 Å². The Morgan fingerprint density at radius 3 is 2.62 bits per heavy atom. The number of hydrogen-bond donors (Lipinski definition) is 0. The van der Waals surface area contributed by atoms with Gasteiger partial charge in [-0.3, -0.25) is 4.79 Å². The van der Waals surface area contributed by atoms with Crippen molar-refractivity contribution in [3.05, 3.63) is 48.0 Å². The van der Waals surface area contributed by atoms with Gasteiger partial charge in [-0.2, -0.15) is 13.2 Å². The number of benzene rings is 1. The molecule has 0 bridgehead atoms. The molecule has 1 fully saturated rings. The van der Waals surface area contributed by atoms with E-state index in [1.54, 1.807) is 0 Å². The van der Waals surface area contributed by atoms with Crippen molar-refractivity contribution in [3.8, 4) is 5.75 Å². The lowest BCUT2D eigenvalue weighted by atomic mass is 10.2. The largest absolute Gasteiger partial charge is 0.484 e. The number of carbonyl (C=O) groups excluding carboxylic acids is 1. The molecule has 1 aromatic heterocycles. The van der Waals surface area contributed by atoms with E-state index in [1.807, 2.05) is 47.8 Å². The molecule has 1 aliphatic rings. The van der Waals surface area contributed by atoms with Gasteiger partial charge < -0.3 is 14.2 Å². The summed E-state index contributed by atoms with van der Waals surface area (Å²) in [7, 11) is 1.51. The van der Waals surface area contributed by atoms with Gasteiger partial charge in [0.25, 0.3) is 5.91 Å². The van der Waals surface area contributed by atoms with Crippen molar-refractivity contribution in [2.75, 3.05) is 25.2 Å². The maximum absolute atomic E-state index is 12.6. The van der Waals surface area contributed by atoms with Crippen LogP contribution < -0.4 is 4.74 Å². The Balaban J connectivity index is 1.49. The maximum Gasteiger partial charge on any atom is 0.406 e. The number of likely N-dealkylation sites (N-methyl/N-ethyl adjacent to an activating group) is 1. The zero-order valence-corrected chi connectivity index (χ0v) is 17.5. The second-order valence-corrected chi connectivity index (χ2v) is 9.35. The summed E-state index contributed by atoms with van der Waals surface area (Å²) in [6.07, 6.45) is -0.566. The summed E-state index contributed by atoms with van der Waals surface area (Å²) in [6.45, 7) is -1.35. The zero-order chi connectivity index (χ0) is 20.9. The Bertz CT molecular complexity index is 806. The van der Waals surface area contributed by atoms with E-state index in [1.165, 1.54) is 36.3 Å². The average molecular weight is 446 g/mol. The van der Waals surface area contributed by atoms with Crippen molar-refractivity contribution in [1.82, 2.24) is 14.5 Å². The molecule has 0 atom stereocenters. The van der Waals surface area contributed by atoms with E-state index in [0.717, 1.165) is 16.1 Å². The van der Waals surface area contributed by atoms with E-state index in [4.69, 9.17) is 4.74 Å². The van der Waals surface area contributed by atoms with Gasteiger partial charge in [0.2, 0.25) is 0 Å². The van der Waals surface area contributed by atoms with Crippen LogP contribution in [0.4, 0.5) is 13.2 Å². The number of aromatic nitrogens is 2. The summed E-state index contributed by atoms with van der Waals surface area (Å²) >= 11 is 3.87. The fourth-order valence-corrected chi connectivity index (χ4v) is 5.68. The second-order valence-electron chi connectivity index (χ2n) is 6.62. The highest BCUT2D eigenvalue weighted by Gasteiger charge is 2.29. The normalized spacial score (nSPS) is 15.3. The minimum Gasteiger partial charge on any atom is -0.484 e. The Kier molecular flexibility index (Phi) is 7.39. The third-order valence-corrected chi connectivity index (χ3v) is 7.31. The highest BCUT2D eigenvalue weighted by molar-refractivity contribution is 8.16. The molecule has 5 nitrogen and oxygen atoms in total. The monoisotopic (exact) mass is 445 g/mol. The van der Waals surface area contributed by atoms with Crippen molar-refractivity contribution in [3.63, 3.8) is 0 Å². The van der Waals surface area contributed by atoms with Crippen LogP contribution >= 0.6 is 23.5 Å². The molecule has 158 valence electrons. The lowest BCUT2D eigenvalue weighted by molar-refractivity contribution is -0.141. The summed E-state index contributed by atoms with van der Waals surface area (Å²) in [5, 5.41) is 0. The van der Waals surface area contributed by atoms with Crippen LogP contribution in [-0.4, -0.2) is 51.7 Å². The molecular formula is C19H22F3N3O2S2. The number of carbonyl (C=O) groups is 1. The molecule has 0 radical (unpaired) electrons. The quantitative estimate of drug-likeness (QED) is 0.634. The SMILES string of the molecule is CN(Cc1nccn1CC(F)(F)F)C(=O)COc1ccc(C2SCCCS2)cc1. The fraction of sp³-hybridized carbons (Fsp3) is 0.474. The number of rotatable bonds is 7. The summed E-state index contributed by atoms with van der Waals surface area (Å²) in [6, 6.07) is 7.70. The highest BCUT2D eigenvalue weighted by Crippen LogP contribution is 2.43. The summed E-state index contributed by atoms with van der Waals surface area (Å²) in [5.74, 6) is 2.74. The lowest BCUT2D eigenvalue weighted by Gasteiger charge is -2.21. The molecule has 2 heterocycles. The van der Waals surface area contributed by atoms with E-state index >= 15 is 0 Å². The molecule has 0 saturated carbocycles. The Morgan fingerprint density at radius 1 is 1.28 bits per heavy atom. The number of hydrogen-bond acceptors (Lipinski definition) is 5. The first kappa shape index (κ1) is 21.9. The first-order chi connectivity index (χ1) is 13.8. The standard InChI is InChI=1S/C19H22F3N3O2S2/c1-24(11-16-23-7-8-25(16)13-19(20,21)22)17(26)12-27-15-5-3-14(4-6-15)18-28-9-2-10-29-18/h3-8,18H,2,9-13H2,1H3.